The van der Waals surface area contributed by atoms with E-state index < -0.39 is 6.10 Å². The van der Waals surface area contributed by atoms with E-state index in [0.717, 1.165) is 6.42 Å². The number of nitrogens with one attached hydrogen (secondary N) is 1. The molecule has 3 rings (SSSR count). The van der Waals surface area contributed by atoms with E-state index in [0.29, 0.717) is 18.0 Å². The maximum absolute atomic E-state index is 12.2. The first-order chi connectivity index (χ1) is 10.7. The highest BCUT2D eigenvalue weighted by Crippen LogP contribution is 2.30. The van der Waals surface area contributed by atoms with E-state index in [-0.39, 0.29) is 12.5 Å². The number of aryl methyl sites for hydroxylation is 1. The van der Waals surface area contributed by atoms with E-state index in [4.69, 9.17) is 9.47 Å². The van der Waals surface area contributed by atoms with Gasteiger partial charge in [0.1, 0.15) is 6.61 Å². The van der Waals surface area contributed by atoms with Gasteiger partial charge in [-0.15, -0.1) is 0 Å². The van der Waals surface area contributed by atoms with Crippen LogP contribution in [0.25, 0.3) is 0 Å². The Bertz CT molecular complexity index is 669. The number of hydrogen-bond donors (Lipinski definition) is 1. The summed E-state index contributed by atoms with van der Waals surface area (Å²) in [6.07, 6.45) is 0.217. The van der Waals surface area contributed by atoms with Crippen molar-refractivity contribution in [1.82, 2.24) is 5.32 Å². The first kappa shape index (κ1) is 14.4. The van der Waals surface area contributed by atoms with Crippen LogP contribution in [0, 0.1) is 6.92 Å². The number of rotatable bonds is 4. The zero-order chi connectivity index (χ0) is 15.4. The van der Waals surface area contributed by atoms with Crippen LogP contribution in [0.5, 0.6) is 11.5 Å². The second-order valence-electron chi connectivity index (χ2n) is 5.33. The van der Waals surface area contributed by atoms with Crippen LogP contribution in [-0.2, 0) is 11.2 Å². The molecule has 1 atom stereocenters. The Morgan fingerprint density at radius 1 is 1.14 bits per heavy atom. The first-order valence-corrected chi connectivity index (χ1v) is 7.45. The van der Waals surface area contributed by atoms with Crippen LogP contribution < -0.4 is 14.8 Å². The number of carbonyl (C=O) groups excluding carboxylic acids is 1. The minimum Gasteiger partial charge on any atom is -0.485 e. The van der Waals surface area contributed by atoms with Gasteiger partial charge in [0.25, 0.3) is 5.91 Å². The standard InChI is InChI=1S/C18H19NO3/c1-13-6-2-3-7-14(13)10-11-19-18(20)17-12-21-15-8-4-5-9-16(15)22-17/h2-9,17H,10-12H2,1H3,(H,19,20). The number of fused-ring (bicyclic) bond motifs is 1. The zero-order valence-corrected chi connectivity index (χ0v) is 12.5. The summed E-state index contributed by atoms with van der Waals surface area (Å²) >= 11 is 0. The lowest BCUT2D eigenvalue weighted by atomic mass is 10.1. The molecule has 1 aliphatic heterocycles. The van der Waals surface area contributed by atoms with E-state index in [9.17, 15) is 4.79 Å². The smallest absolute Gasteiger partial charge is 0.264 e. The van der Waals surface area contributed by atoms with E-state index in [1.807, 2.05) is 36.4 Å². The van der Waals surface area contributed by atoms with Crippen LogP contribution in [0.4, 0.5) is 0 Å². The summed E-state index contributed by atoms with van der Waals surface area (Å²) in [6.45, 7) is 2.91. The molecule has 0 aromatic heterocycles. The van der Waals surface area contributed by atoms with Crippen LogP contribution >= 0.6 is 0 Å². The predicted octanol–water partition coefficient (Wildman–Crippen LogP) is 2.49. The predicted molar refractivity (Wildman–Crippen MR) is 84.2 cm³/mol. The van der Waals surface area contributed by atoms with Crippen molar-refractivity contribution < 1.29 is 14.3 Å². The monoisotopic (exact) mass is 297 g/mol. The fraction of sp³-hybridized carbons (Fsp3) is 0.278. The van der Waals surface area contributed by atoms with Crippen molar-refractivity contribution in [3.05, 3.63) is 59.7 Å². The topological polar surface area (TPSA) is 47.6 Å². The Hall–Kier alpha value is -2.49. The first-order valence-electron chi connectivity index (χ1n) is 7.45. The normalized spacial score (nSPS) is 16.1. The van der Waals surface area contributed by atoms with Crippen molar-refractivity contribution in [2.45, 2.75) is 19.4 Å². The second-order valence-corrected chi connectivity index (χ2v) is 5.33. The Morgan fingerprint density at radius 2 is 1.86 bits per heavy atom. The average molecular weight is 297 g/mol. The third-order valence-corrected chi connectivity index (χ3v) is 3.76. The molecular weight excluding hydrogens is 278 g/mol. The van der Waals surface area contributed by atoms with E-state index in [2.05, 4.69) is 24.4 Å². The fourth-order valence-corrected chi connectivity index (χ4v) is 2.47. The minimum atomic E-state index is -0.591. The molecule has 0 radical (unpaired) electrons. The number of para-hydroxylation sites is 2. The summed E-state index contributed by atoms with van der Waals surface area (Å²) < 4.78 is 11.2. The van der Waals surface area contributed by atoms with Crippen molar-refractivity contribution in [1.29, 1.82) is 0 Å². The van der Waals surface area contributed by atoms with Gasteiger partial charge in [0.15, 0.2) is 11.5 Å². The SMILES string of the molecule is Cc1ccccc1CCNC(=O)C1COc2ccccc2O1. The van der Waals surface area contributed by atoms with E-state index in [1.165, 1.54) is 11.1 Å². The number of amides is 1. The molecule has 1 N–H and O–H groups in total. The summed E-state index contributed by atoms with van der Waals surface area (Å²) in [4.78, 5) is 12.2. The van der Waals surface area contributed by atoms with Crippen molar-refractivity contribution in [2.75, 3.05) is 13.2 Å². The fourth-order valence-electron chi connectivity index (χ4n) is 2.47. The molecule has 4 nitrogen and oxygen atoms in total. The van der Waals surface area contributed by atoms with Gasteiger partial charge in [-0.2, -0.15) is 0 Å². The Labute approximate surface area is 130 Å². The molecule has 1 amide bonds. The van der Waals surface area contributed by atoms with Gasteiger partial charge in [0.05, 0.1) is 0 Å². The molecule has 0 saturated carbocycles. The molecule has 1 aliphatic rings. The largest absolute Gasteiger partial charge is 0.485 e. The molecule has 2 aromatic rings. The van der Waals surface area contributed by atoms with Crippen LogP contribution in [0.3, 0.4) is 0 Å². The molecular formula is C18H19NO3. The van der Waals surface area contributed by atoms with Gasteiger partial charge in [0.2, 0.25) is 6.10 Å². The van der Waals surface area contributed by atoms with Crippen LogP contribution in [0.2, 0.25) is 0 Å². The third kappa shape index (κ3) is 3.22. The van der Waals surface area contributed by atoms with Gasteiger partial charge in [0, 0.05) is 6.54 Å². The highest BCUT2D eigenvalue weighted by atomic mass is 16.6. The van der Waals surface area contributed by atoms with E-state index >= 15 is 0 Å². The van der Waals surface area contributed by atoms with Crippen LogP contribution in [-0.4, -0.2) is 25.2 Å². The molecule has 22 heavy (non-hydrogen) atoms. The Kier molecular flexibility index (Phi) is 4.28. The molecule has 0 fully saturated rings. The maximum Gasteiger partial charge on any atom is 0.264 e. The minimum absolute atomic E-state index is 0.136. The summed E-state index contributed by atoms with van der Waals surface area (Å²) in [5.41, 5.74) is 2.48. The van der Waals surface area contributed by atoms with E-state index in [1.54, 1.807) is 0 Å². The van der Waals surface area contributed by atoms with Crippen molar-refractivity contribution in [3.8, 4) is 11.5 Å². The summed E-state index contributed by atoms with van der Waals surface area (Å²) in [6, 6.07) is 15.6. The molecule has 2 aromatic carbocycles. The molecule has 0 spiro atoms. The molecule has 0 aliphatic carbocycles. The van der Waals surface area contributed by atoms with Gasteiger partial charge in [-0.3, -0.25) is 4.79 Å². The molecule has 0 bridgehead atoms. The number of benzene rings is 2. The molecule has 4 heteroatoms. The molecule has 0 saturated heterocycles. The number of carbonyl (C=O) groups is 1. The lowest BCUT2D eigenvalue weighted by Gasteiger charge is -2.25. The maximum atomic E-state index is 12.2. The van der Waals surface area contributed by atoms with Crippen LogP contribution in [0.15, 0.2) is 48.5 Å². The quantitative estimate of drug-likeness (QED) is 0.943. The van der Waals surface area contributed by atoms with Gasteiger partial charge in [-0.25, -0.2) is 0 Å². The number of hydrogen-bond acceptors (Lipinski definition) is 3. The lowest BCUT2D eigenvalue weighted by Crippen LogP contribution is -2.44. The van der Waals surface area contributed by atoms with Gasteiger partial charge in [-0.05, 0) is 36.6 Å². The molecule has 1 heterocycles. The second kappa shape index (κ2) is 6.52. The summed E-state index contributed by atoms with van der Waals surface area (Å²) in [5, 5.41) is 2.91. The summed E-state index contributed by atoms with van der Waals surface area (Å²) in [5.74, 6) is 1.17. The van der Waals surface area contributed by atoms with Crippen molar-refractivity contribution in [2.24, 2.45) is 0 Å². The van der Waals surface area contributed by atoms with Crippen molar-refractivity contribution >= 4 is 5.91 Å². The van der Waals surface area contributed by atoms with Gasteiger partial charge >= 0.3 is 0 Å². The molecule has 1 unspecified atom stereocenters. The lowest BCUT2D eigenvalue weighted by molar-refractivity contribution is -0.130. The van der Waals surface area contributed by atoms with Crippen LogP contribution in [0.1, 0.15) is 11.1 Å². The summed E-state index contributed by atoms with van der Waals surface area (Å²) in [7, 11) is 0. The molecule has 114 valence electrons. The average Bonchev–Trinajstić information content (AvgIpc) is 2.56. The highest BCUT2D eigenvalue weighted by Gasteiger charge is 2.26. The van der Waals surface area contributed by atoms with Gasteiger partial charge in [-0.1, -0.05) is 36.4 Å². The third-order valence-electron chi connectivity index (χ3n) is 3.76. The highest BCUT2D eigenvalue weighted by molar-refractivity contribution is 5.81. The Morgan fingerprint density at radius 3 is 2.68 bits per heavy atom. The van der Waals surface area contributed by atoms with Crippen molar-refractivity contribution in [3.63, 3.8) is 0 Å². The zero-order valence-electron chi connectivity index (χ0n) is 12.5. The number of ether oxygens (including phenoxy) is 2. The van der Waals surface area contributed by atoms with Gasteiger partial charge < -0.3 is 14.8 Å². The Balaban J connectivity index is 1.52.